The van der Waals surface area contributed by atoms with Crippen LogP contribution in [0.5, 0.6) is 0 Å². The van der Waals surface area contributed by atoms with Crippen molar-refractivity contribution in [2.75, 3.05) is 5.32 Å². The molecule has 0 spiro atoms. The van der Waals surface area contributed by atoms with Gasteiger partial charge in [0, 0.05) is 21.3 Å². The third-order valence-electron chi connectivity index (χ3n) is 4.08. The first-order valence-corrected chi connectivity index (χ1v) is 7.54. The first-order chi connectivity index (χ1) is 8.63. The molecule has 0 aliphatic carbocycles. The van der Waals surface area contributed by atoms with Gasteiger partial charge in [-0.2, -0.15) is 0 Å². The summed E-state index contributed by atoms with van der Waals surface area (Å²) in [5, 5.41) is 6.56. The molecule has 2 aliphatic heterocycles. The number of carbonyl (C=O) groups excluding carboxylic acids is 1. The normalized spacial score (nSPS) is 29.6. The number of anilines is 1. The first kappa shape index (κ1) is 12.4. The fourth-order valence-electron chi connectivity index (χ4n) is 3.02. The molecule has 96 valence electrons. The van der Waals surface area contributed by atoms with Crippen molar-refractivity contribution in [3.63, 3.8) is 0 Å². The lowest BCUT2D eigenvalue weighted by atomic mass is 9.88. The molecule has 2 fully saturated rings. The minimum Gasteiger partial charge on any atom is -0.326 e. The molecule has 1 aromatic rings. The number of aryl methyl sites for hydroxylation is 1. The maximum absolute atomic E-state index is 12.2. The van der Waals surface area contributed by atoms with Gasteiger partial charge in [-0.15, -0.1) is 0 Å². The molecule has 0 saturated carbocycles. The highest BCUT2D eigenvalue weighted by atomic mass is 127. The van der Waals surface area contributed by atoms with Crippen LogP contribution >= 0.6 is 22.6 Å². The number of hydrogen-bond acceptors (Lipinski definition) is 2. The Morgan fingerprint density at radius 2 is 2.28 bits per heavy atom. The average molecular weight is 356 g/mol. The van der Waals surface area contributed by atoms with Crippen molar-refractivity contribution in [1.29, 1.82) is 0 Å². The van der Waals surface area contributed by atoms with Gasteiger partial charge in [0.2, 0.25) is 5.91 Å². The van der Waals surface area contributed by atoms with Crippen molar-refractivity contribution in [3.05, 3.63) is 27.3 Å². The molecule has 0 radical (unpaired) electrons. The van der Waals surface area contributed by atoms with Gasteiger partial charge in [-0.25, -0.2) is 0 Å². The van der Waals surface area contributed by atoms with E-state index in [-0.39, 0.29) is 11.8 Å². The molecule has 3 rings (SSSR count). The average Bonchev–Trinajstić information content (AvgIpc) is 2.96. The Hall–Kier alpha value is -0.620. The fraction of sp³-hybridized carbons (Fsp3) is 0.500. The standard InChI is InChI=1S/C14H17IN2O/c1-8-2-3-10(7-12(8)15)17-14(18)11-6-9-4-5-13(11)16-9/h2-3,7,9,11,13,16H,4-6H2,1H3,(H,17,18). The lowest BCUT2D eigenvalue weighted by Gasteiger charge is -2.19. The predicted molar refractivity (Wildman–Crippen MR) is 80.6 cm³/mol. The van der Waals surface area contributed by atoms with E-state index in [1.165, 1.54) is 15.6 Å². The van der Waals surface area contributed by atoms with Gasteiger partial charge < -0.3 is 10.6 Å². The number of benzene rings is 1. The molecule has 2 heterocycles. The lowest BCUT2D eigenvalue weighted by Crippen LogP contribution is -2.32. The SMILES string of the molecule is Cc1ccc(NC(=O)C2CC3CCC2N3)cc1I. The third kappa shape index (κ3) is 2.28. The zero-order valence-corrected chi connectivity index (χ0v) is 12.5. The maximum Gasteiger partial charge on any atom is 0.229 e. The van der Waals surface area contributed by atoms with Gasteiger partial charge in [0.25, 0.3) is 0 Å². The molecule has 3 atom stereocenters. The van der Waals surface area contributed by atoms with Gasteiger partial charge in [0.05, 0.1) is 5.92 Å². The van der Waals surface area contributed by atoms with Gasteiger partial charge in [0.1, 0.15) is 0 Å². The molecule has 4 heteroatoms. The van der Waals surface area contributed by atoms with E-state index >= 15 is 0 Å². The van der Waals surface area contributed by atoms with Crippen molar-refractivity contribution in [1.82, 2.24) is 5.32 Å². The molecule has 3 unspecified atom stereocenters. The Kier molecular flexibility index (Phi) is 3.32. The summed E-state index contributed by atoms with van der Waals surface area (Å²) < 4.78 is 1.19. The van der Waals surface area contributed by atoms with Crippen molar-refractivity contribution in [2.24, 2.45) is 5.92 Å². The van der Waals surface area contributed by atoms with E-state index in [0.717, 1.165) is 18.5 Å². The third-order valence-corrected chi connectivity index (χ3v) is 5.24. The van der Waals surface area contributed by atoms with E-state index in [9.17, 15) is 4.79 Å². The molecule has 2 saturated heterocycles. The van der Waals surface area contributed by atoms with E-state index in [1.807, 2.05) is 12.1 Å². The second-order valence-electron chi connectivity index (χ2n) is 5.34. The fourth-order valence-corrected chi connectivity index (χ4v) is 3.53. The monoisotopic (exact) mass is 356 g/mol. The van der Waals surface area contributed by atoms with E-state index in [2.05, 4.69) is 46.2 Å². The van der Waals surface area contributed by atoms with E-state index in [1.54, 1.807) is 0 Å². The molecular formula is C14H17IN2O. The van der Waals surface area contributed by atoms with Crippen LogP contribution in [0.25, 0.3) is 0 Å². The van der Waals surface area contributed by atoms with Crippen LogP contribution < -0.4 is 10.6 Å². The summed E-state index contributed by atoms with van der Waals surface area (Å²) in [5.41, 5.74) is 2.16. The zero-order chi connectivity index (χ0) is 12.7. The Morgan fingerprint density at radius 3 is 2.89 bits per heavy atom. The predicted octanol–water partition coefficient (Wildman–Crippen LogP) is 2.68. The molecule has 18 heavy (non-hydrogen) atoms. The number of amides is 1. The molecule has 3 nitrogen and oxygen atoms in total. The van der Waals surface area contributed by atoms with E-state index in [4.69, 9.17) is 0 Å². The molecule has 1 aromatic carbocycles. The number of carbonyl (C=O) groups is 1. The van der Waals surface area contributed by atoms with Crippen LogP contribution in [0.1, 0.15) is 24.8 Å². The summed E-state index contributed by atoms with van der Waals surface area (Å²) in [6.45, 7) is 2.08. The molecule has 1 amide bonds. The Morgan fingerprint density at radius 1 is 1.44 bits per heavy atom. The molecule has 2 bridgehead atoms. The summed E-state index contributed by atoms with van der Waals surface area (Å²) in [6.07, 6.45) is 3.38. The van der Waals surface area contributed by atoms with Crippen molar-refractivity contribution in [2.45, 2.75) is 38.3 Å². The first-order valence-electron chi connectivity index (χ1n) is 6.46. The Bertz CT molecular complexity index is 489. The maximum atomic E-state index is 12.2. The van der Waals surface area contributed by atoms with Crippen LogP contribution in [0.2, 0.25) is 0 Å². The van der Waals surface area contributed by atoms with Crippen LogP contribution in [0, 0.1) is 16.4 Å². The van der Waals surface area contributed by atoms with Gasteiger partial charge >= 0.3 is 0 Å². The highest BCUT2D eigenvalue weighted by Gasteiger charge is 2.42. The Labute approximate surface area is 121 Å². The number of fused-ring (bicyclic) bond motifs is 2. The Balaban J connectivity index is 1.69. The topological polar surface area (TPSA) is 41.1 Å². The number of halogens is 1. The van der Waals surface area contributed by atoms with Crippen LogP contribution in [0.4, 0.5) is 5.69 Å². The van der Waals surface area contributed by atoms with Gasteiger partial charge in [-0.05, 0) is 66.5 Å². The van der Waals surface area contributed by atoms with Gasteiger partial charge in [-0.3, -0.25) is 4.79 Å². The number of hydrogen-bond donors (Lipinski definition) is 2. The summed E-state index contributed by atoms with van der Waals surface area (Å²) >= 11 is 2.30. The lowest BCUT2D eigenvalue weighted by molar-refractivity contribution is -0.120. The molecule has 2 aliphatic rings. The summed E-state index contributed by atoms with van der Waals surface area (Å²) in [6, 6.07) is 7.05. The molecular weight excluding hydrogens is 339 g/mol. The summed E-state index contributed by atoms with van der Waals surface area (Å²) in [5.74, 6) is 0.331. The molecule has 2 N–H and O–H groups in total. The van der Waals surface area contributed by atoms with E-state index < -0.39 is 0 Å². The number of rotatable bonds is 2. The zero-order valence-electron chi connectivity index (χ0n) is 10.4. The van der Waals surface area contributed by atoms with Crippen molar-refractivity contribution in [3.8, 4) is 0 Å². The van der Waals surface area contributed by atoms with Crippen LogP contribution in [0.15, 0.2) is 18.2 Å². The highest BCUT2D eigenvalue weighted by molar-refractivity contribution is 14.1. The minimum atomic E-state index is 0.155. The summed E-state index contributed by atoms with van der Waals surface area (Å²) in [4.78, 5) is 12.2. The second-order valence-corrected chi connectivity index (χ2v) is 6.51. The largest absolute Gasteiger partial charge is 0.326 e. The quantitative estimate of drug-likeness (QED) is 0.800. The molecule has 0 aromatic heterocycles. The van der Waals surface area contributed by atoms with Crippen molar-refractivity contribution >= 4 is 34.2 Å². The van der Waals surface area contributed by atoms with Crippen LogP contribution in [0.3, 0.4) is 0 Å². The van der Waals surface area contributed by atoms with E-state index in [0.29, 0.717) is 12.1 Å². The minimum absolute atomic E-state index is 0.155. The summed E-state index contributed by atoms with van der Waals surface area (Å²) in [7, 11) is 0. The van der Waals surface area contributed by atoms with Crippen molar-refractivity contribution < 1.29 is 4.79 Å². The number of nitrogens with one attached hydrogen (secondary N) is 2. The second kappa shape index (κ2) is 4.81. The van der Waals surface area contributed by atoms with Crippen LogP contribution in [-0.4, -0.2) is 18.0 Å². The van der Waals surface area contributed by atoms with Crippen LogP contribution in [-0.2, 0) is 4.79 Å². The highest BCUT2D eigenvalue weighted by Crippen LogP contribution is 2.34. The van der Waals surface area contributed by atoms with Gasteiger partial charge in [0.15, 0.2) is 0 Å². The smallest absolute Gasteiger partial charge is 0.229 e. The van der Waals surface area contributed by atoms with Gasteiger partial charge in [-0.1, -0.05) is 6.07 Å².